The minimum absolute atomic E-state index is 0.200. The lowest BCUT2D eigenvalue weighted by Crippen LogP contribution is -1.99. The number of methoxy groups -OCH3 is 5. The summed E-state index contributed by atoms with van der Waals surface area (Å²) in [5.74, 6) is 2.72. The Bertz CT molecular complexity index is 1320. The van der Waals surface area contributed by atoms with Crippen LogP contribution in [0.2, 0.25) is 5.02 Å². The molecule has 8 heteroatoms. The molecular formula is C30H32ClNO6. The lowest BCUT2D eigenvalue weighted by Gasteiger charge is -2.14. The number of rotatable bonds is 12. The molecule has 0 unspecified atom stereocenters. The van der Waals surface area contributed by atoms with Crippen molar-refractivity contribution in [2.24, 2.45) is 0 Å². The van der Waals surface area contributed by atoms with E-state index in [1.807, 2.05) is 30.4 Å². The van der Waals surface area contributed by atoms with Crippen LogP contribution in [0.3, 0.4) is 0 Å². The molecule has 0 atom stereocenters. The molecule has 0 heterocycles. The molecule has 0 saturated heterocycles. The number of carbonyl (C=O) groups excluding carboxylic acids is 1. The zero-order chi connectivity index (χ0) is 27.7. The van der Waals surface area contributed by atoms with Crippen molar-refractivity contribution in [3.8, 4) is 28.7 Å². The number of benzene rings is 3. The van der Waals surface area contributed by atoms with Crippen LogP contribution in [0.4, 0.5) is 5.69 Å². The Morgan fingerprint density at radius 2 is 1.47 bits per heavy atom. The molecule has 200 valence electrons. The number of carbonyl (C=O) groups is 1. The van der Waals surface area contributed by atoms with Crippen LogP contribution in [0, 0.1) is 0 Å². The van der Waals surface area contributed by atoms with Crippen LogP contribution >= 0.6 is 11.6 Å². The third-order valence-electron chi connectivity index (χ3n) is 5.89. The SMILES string of the molecule is CCc1cc(/C=C\c2cc(OC)c(OC)c(OC)c2)c(N/C=C\C(=O)c2ccc(OC)c(Cl)c2)cc1OC. The van der Waals surface area contributed by atoms with Crippen molar-refractivity contribution in [1.29, 1.82) is 0 Å². The van der Waals surface area contributed by atoms with Gasteiger partial charge in [-0.05, 0) is 59.5 Å². The van der Waals surface area contributed by atoms with Gasteiger partial charge in [-0.1, -0.05) is 30.7 Å². The minimum Gasteiger partial charge on any atom is -0.496 e. The van der Waals surface area contributed by atoms with Gasteiger partial charge in [0, 0.05) is 29.6 Å². The van der Waals surface area contributed by atoms with Gasteiger partial charge in [-0.2, -0.15) is 0 Å². The van der Waals surface area contributed by atoms with Crippen molar-refractivity contribution in [2.45, 2.75) is 13.3 Å². The smallest absolute Gasteiger partial charge is 0.203 e. The molecule has 0 aliphatic rings. The van der Waals surface area contributed by atoms with Gasteiger partial charge in [0.05, 0.1) is 40.6 Å². The van der Waals surface area contributed by atoms with Crippen LogP contribution in [-0.4, -0.2) is 41.3 Å². The first-order valence-corrected chi connectivity index (χ1v) is 12.3. The lowest BCUT2D eigenvalue weighted by atomic mass is 10.0. The zero-order valence-electron chi connectivity index (χ0n) is 22.4. The van der Waals surface area contributed by atoms with E-state index in [0.717, 1.165) is 34.5 Å². The predicted molar refractivity (Wildman–Crippen MR) is 152 cm³/mol. The summed E-state index contributed by atoms with van der Waals surface area (Å²) in [7, 11) is 7.89. The Morgan fingerprint density at radius 1 is 0.816 bits per heavy atom. The molecule has 0 aromatic heterocycles. The van der Waals surface area contributed by atoms with E-state index < -0.39 is 0 Å². The van der Waals surface area contributed by atoms with Gasteiger partial charge in [-0.3, -0.25) is 4.79 Å². The summed E-state index contributed by atoms with van der Waals surface area (Å²) < 4.78 is 27.1. The Hall–Kier alpha value is -4.10. The van der Waals surface area contributed by atoms with Crippen LogP contribution in [-0.2, 0) is 6.42 Å². The summed E-state index contributed by atoms with van der Waals surface area (Å²) >= 11 is 6.17. The largest absolute Gasteiger partial charge is 0.496 e. The number of ketones is 1. The zero-order valence-corrected chi connectivity index (χ0v) is 23.1. The summed E-state index contributed by atoms with van der Waals surface area (Å²) in [6, 6.07) is 12.6. The first-order chi connectivity index (χ1) is 18.4. The summed E-state index contributed by atoms with van der Waals surface area (Å²) in [4.78, 5) is 12.7. The van der Waals surface area contributed by atoms with Crippen molar-refractivity contribution in [3.63, 3.8) is 0 Å². The first kappa shape index (κ1) is 28.5. The van der Waals surface area contributed by atoms with Gasteiger partial charge < -0.3 is 29.0 Å². The molecule has 0 bridgehead atoms. The molecule has 7 nitrogen and oxygen atoms in total. The van der Waals surface area contributed by atoms with Crippen LogP contribution in [0.25, 0.3) is 12.2 Å². The van der Waals surface area contributed by atoms with E-state index in [4.69, 9.17) is 35.3 Å². The van der Waals surface area contributed by atoms with Gasteiger partial charge in [0.1, 0.15) is 11.5 Å². The quantitative estimate of drug-likeness (QED) is 0.152. The monoisotopic (exact) mass is 537 g/mol. The van der Waals surface area contributed by atoms with Crippen LogP contribution in [0.1, 0.15) is 34.0 Å². The predicted octanol–water partition coefficient (Wildman–Crippen LogP) is 6.92. The minimum atomic E-state index is -0.200. The van der Waals surface area contributed by atoms with E-state index >= 15 is 0 Å². The highest BCUT2D eigenvalue weighted by atomic mass is 35.5. The summed E-state index contributed by atoms with van der Waals surface area (Å²) in [6.45, 7) is 2.07. The van der Waals surface area contributed by atoms with E-state index in [1.54, 1.807) is 52.8 Å². The summed E-state index contributed by atoms with van der Waals surface area (Å²) in [5, 5.41) is 3.59. The fourth-order valence-corrected chi connectivity index (χ4v) is 4.14. The van der Waals surface area contributed by atoms with Crippen molar-refractivity contribution in [2.75, 3.05) is 40.9 Å². The standard InChI is InChI=1S/C30H32ClNO6/c1-7-20-16-21(9-8-19-14-28(36-4)30(38-6)29(15-19)37-5)24(18-27(20)35-3)32-13-12-25(33)22-10-11-26(34-2)23(31)17-22/h8-18,32H,7H2,1-6H3/b9-8-,13-12-. The maximum absolute atomic E-state index is 12.7. The van der Waals surface area contributed by atoms with E-state index in [9.17, 15) is 4.79 Å². The Kier molecular flexibility index (Phi) is 10.1. The molecule has 0 spiro atoms. The van der Waals surface area contributed by atoms with E-state index in [-0.39, 0.29) is 5.78 Å². The molecule has 0 aliphatic heterocycles. The maximum atomic E-state index is 12.7. The number of hydrogen-bond acceptors (Lipinski definition) is 7. The van der Waals surface area contributed by atoms with Gasteiger partial charge in [-0.15, -0.1) is 0 Å². The maximum Gasteiger partial charge on any atom is 0.203 e. The molecule has 3 aromatic rings. The third-order valence-corrected chi connectivity index (χ3v) is 6.18. The Morgan fingerprint density at radius 3 is 2.03 bits per heavy atom. The first-order valence-electron chi connectivity index (χ1n) is 11.9. The van der Waals surface area contributed by atoms with Gasteiger partial charge in [0.15, 0.2) is 17.3 Å². The normalized spacial score (nSPS) is 11.0. The second-order valence-corrected chi connectivity index (χ2v) is 8.50. The number of halogens is 1. The number of hydrogen-bond donors (Lipinski definition) is 1. The average Bonchev–Trinajstić information content (AvgIpc) is 2.95. The highest BCUT2D eigenvalue weighted by molar-refractivity contribution is 6.32. The van der Waals surface area contributed by atoms with Crippen molar-refractivity contribution in [1.82, 2.24) is 0 Å². The van der Waals surface area contributed by atoms with Crippen LogP contribution < -0.4 is 29.0 Å². The molecule has 1 N–H and O–H groups in total. The number of aryl methyl sites for hydroxylation is 1. The molecular weight excluding hydrogens is 506 g/mol. The summed E-state index contributed by atoms with van der Waals surface area (Å²) in [5.41, 5.74) is 4.03. The number of allylic oxidation sites excluding steroid dienone is 1. The molecule has 3 aromatic carbocycles. The number of ether oxygens (including phenoxy) is 5. The Labute approximate surface area is 228 Å². The van der Waals surface area contributed by atoms with Crippen molar-refractivity contribution >= 4 is 35.2 Å². The van der Waals surface area contributed by atoms with Gasteiger partial charge in [0.25, 0.3) is 0 Å². The summed E-state index contributed by atoms with van der Waals surface area (Å²) in [6.07, 6.45) is 7.76. The number of anilines is 1. The second-order valence-electron chi connectivity index (χ2n) is 8.09. The van der Waals surface area contributed by atoms with Gasteiger partial charge in [-0.25, -0.2) is 0 Å². The molecule has 0 radical (unpaired) electrons. The number of nitrogens with one attached hydrogen (secondary N) is 1. The van der Waals surface area contributed by atoms with Crippen molar-refractivity contribution in [3.05, 3.63) is 82.0 Å². The van der Waals surface area contributed by atoms with Crippen LogP contribution in [0.15, 0.2) is 54.7 Å². The fraction of sp³-hybridized carbons (Fsp3) is 0.233. The lowest BCUT2D eigenvalue weighted by molar-refractivity contribution is 0.104. The van der Waals surface area contributed by atoms with E-state index in [0.29, 0.717) is 33.6 Å². The van der Waals surface area contributed by atoms with E-state index in [2.05, 4.69) is 18.3 Å². The molecule has 0 saturated carbocycles. The molecule has 0 aliphatic carbocycles. The topological polar surface area (TPSA) is 75.2 Å². The molecule has 38 heavy (non-hydrogen) atoms. The van der Waals surface area contributed by atoms with Crippen molar-refractivity contribution < 1.29 is 28.5 Å². The van der Waals surface area contributed by atoms with Crippen LogP contribution in [0.5, 0.6) is 28.7 Å². The molecule has 0 amide bonds. The molecule has 3 rings (SSSR count). The highest BCUT2D eigenvalue weighted by Gasteiger charge is 2.13. The Balaban J connectivity index is 1.92. The van der Waals surface area contributed by atoms with E-state index in [1.165, 1.54) is 13.2 Å². The third kappa shape index (κ3) is 6.61. The van der Waals surface area contributed by atoms with Gasteiger partial charge >= 0.3 is 0 Å². The molecule has 0 fully saturated rings. The highest BCUT2D eigenvalue weighted by Crippen LogP contribution is 2.39. The fourth-order valence-electron chi connectivity index (χ4n) is 3.88. The van der Waals surface area contributed by atoms with Gasteiger partial charge in [0.2, 0.25) is 5.75 Å². The second kappa shape index (κ2) is 13.4. The average molecular weight is 538 g/mol.